The lowest BCUT2D eigenvalue weighted by molar-refractivity contribution is -0.118. The van der Waals surface area contributed by atoms with Gasteiger partial charge in [0, 0.05) is 25.1 Å². The van der Waals surface area contributed by atoms with E-state index in [0.717, 1.165) is 31.4 Å². The number of nitrogens with zero attached hydrogens (tertiary/aromatic N) is 3. The lowest BCUT2D eigenvalue weighted by atomic mass is 10.1. The fraction of sp³-hybridized carbons (Fsp3) is 0.333. The largest absolute Gasteiger partial charge is 0.338 e. The van der Waals surface area contributed by atoms with Crippen LogP contribution in [0.1, 0.15) is 24.4 Å². The van der Waals surface area contributed by atoms with Crippen molar-refractivity contribution >= 4 is 12.1 Å². The van der Waals surface area contributed by atoms with Crippen molar-refractivity contribution in [1.29, 1.82) is 0 Å². The quantitative estimate of drug-likeness (QED) is 0.714. The first kappa shape index (κ1) is 9.39. The fourth-order valence-electron chi connectivity index (χ4n) is 2.41. The molecule has 16 heavy (non-hydrogen) atoms. The molecular formula is C12H13N3O. The number of hydrogen-bond acceptors (Lipinski definition) is 2. The minimum absolute atomic E-state index is 0.235. The van der Waals surface area contributed by atoms with Gasteiger partial charge in [0.2, 0.25) is 6.41 Å². The Morgan fingerprint density at radius 2 is 2.38 bits per heavy atom. The molecule has 0 aliphatic carbocycles. The van der Waals surface area contributed by atoms with E-state index in [1.165, 1.54) is 5.56 Å². The monoisotopic (exact) mass is 215 g/mol. The number of aromatic nitrogens is 2. The number of amides is 1. The molecule has 1 aliphatic rings. The number of pyridine rings is 1. The van der Waals surface area contributed by atoms with Crippen molar-refractivity contribution in [3.05, 3.63) is 36.3 Å². The van der Waals surface area contributed by atoms with Crippen LogP contribution in [-0.2, 0) is 4.79 Å². The molecule has 0 aromatic carbocycles. The summed E-state index contributed by atoms with van der Waals surface area (Å²) in [6, 6.07) is 4.37. The Hall–Kier alpha value is -1.84. The average molecular weight is 215 g/mol. The molecule has 1 fully saturated rings. The normalized spacial score (nSPS) is 20.5. The van der Waals surface area contributed by atoms with Crippen LogP contribution in [0.4, 0.5) is 0 Å². The lowest BCUT2D eigenvalue weighted by Crippen LogP contribution is -2.21. The van der Waals surface area contributed by atoms with Gasteiger partial charge in [-0.3, -0.25) is 4.79 Å². The van der Waals surface area contributed by atoms with Crippen LogP contribution in [0, 0.1) is 0 Å². The maximum Gasteiger partial charge on any atom is 0.210 e. The van der Waals surface area contributed by atoms with E-state index in [0.29, 0.717) is 0 Å². The topological polar surface area (TPSA) is 37.6 Å². The van der Waals surface area contributed by atoms with Crippen molar-refractivity contribution in [1.82, 2.24) is 14.3 Å². The summed E-state index contributed by atoms with van der Waals surface area (Å²) >= 11 is 0. The molecule has 0 bridgehead atoms. The number of imidazole rings is 1. The second-order valence-corrected chi connectivity index (χ2v) is 4.15. The summed E-state index contributed by atoms with van der Waals surface area (Å²) < 4.78 is 1.98. The minimum atomic E-state index is 0.235. The highest BCUT2D eigenvalue weighted by molar-refractivity contribution is 5.51. The predicted molar refractivity (Wildman–Crippen MR) is 59.9 cm³/mol. The maximum absolute atomic E-state index is 10.9. The van der Waals surface area contributed by atoms with Gasteiger partial charge < -0.3 is 9.30 Å². The number of likely N-dealkylation sites (tertiary alicyclic amines) is 1. The van der Waals surface area contributed by atoms with E-state index >= 15 is 0 Å². The highest BCUT2D eigenvalue weighted by atomic mass is 16.1. The molecule has 1 atom stereocenters. The summed E-state index contributed by atoms with van der Waals surface area (Å²) in [5, 5.41) is 0. The first-order valence-electron chi connectivity index (χ1n) is 5.52. The number of rotatable bonds is 2. The molecule has 1 amide bonds. The van der Waals surface area contributed by atoms with Crippen LogP contribution in [-0.4, -0.2) is 27.2 Å². The number of carbonyl (C=O) groups excluding carboxylic acids is 1. The number of fused-ring (bicyclic) bond motifs is 1. The number of carbonyl (C=O) groups is 1. The molecule has 4 nitrogen and oxygen atoms in total. The van der Waals surface area contributed by atoms with Gasteiger partial charge in [-0.1, -0.05) is 0 Å². The van der Waals surface area contributed by atoms with E-state index in [-0.39, 0.29) is 6.04 Å². The second-order valence-electron chi connectivity index (χ2n) is 4.15. The molecule has 3 rings (SSSR count). The van der Waals surface area contributed by atoms with Gasteiger partial charge in [0.05, 0.1) is 6.04 Å². The lowest BCUT2D eigenvalue weighted by Gasteiger charge is -2.20. The van der Waals surface area contributed by atoms with E-state index in [2.05, 4.69) is 17.1 Å². The molecule has 4 heteroatoms. The van der Waals surface area contributed by atoms with Crippen molar-refractivity contribution in [2.45, 2.75) is 18.9 Å². The molecule has 82 valence electrons. The Bertz CT molecular complexity index is 520. The van der Waals surface area contributed by atoms with E-state index in [1.807, 2.05) is 21.7 Å². The smallest absolute Gasteiger partial charge is 0.210 e. The summed E-state index contributed by atoms with van der Waals surface area (Å²) in [6.07, 6.45) is 8.79. The van der Waals surface area contributed by atoms with Crippen LogP contribution in [0.2, 0.25) is 0 Å². The van der Waals surface area contributed by atoms with Crippen LogP contribution in [0.15, 0.2) is 30.7 Å². The molecule has 3 heterocycles. The SMILES string of the molecule is O=CN1CCCC1c1ccn2ccnc2c1. The van der Waals surface area contributed by atoms with Crippen LogP contribution < -0.4 is 0 Å². The van der Waals surface area contributed by atoms with E-state index in [4.69, 9.17) is 0 Å². The molecule has 1 aliphatic heterocycles. The van der Waals surface area contributed by atoms with Gasteiger partial charge in [0.15, 0.2) is 0 Å². The Morgan fingerprint density at radius 1 is 1.44 bits per heavy atom. The van der Waals surface area contributed by atoms with Gasteiger partial charge in [-0.15, -0.1) is 0 Å². The third-order valence-electron chi connectivity index (χ3n) is 3.24. The first-order chi connectivity index (χ1) is 7.88. The zero-order chi connectivity index (χ0) is 11.0. The van der Waals surface area contributed by atoms with Crippen LogP contribution in [0.3, 0.4) is 0 Å². The van der Waals surface area contributed by atoms with Gasteiger partial charge in [0.25, 0.3) is 0 Å². The molecule has 0 N–H and O–H groups in total. The van der Waals surface area contributed by atoms with Gasteiger partial charge in [-0.2, -0.15) is 0 Å². The molecule has 1 saturated heterocycles. The minimum Gasteiger partial charge on any atom is -0.338 e. The van der Waals surface area contributed by atoms with Crippen molar-refractivity contribution in [2.24, 2.45) is 0 Å². The molecule has 2 aromatic heterocycles. The van der Waals surface area contributed by atoms with Crippen molar-refractivity contribution in [2.75, 3.05) is 6.54 Å². The van der Waals surface area contributed by atoms with Gasteiger partial charge in [-0.25, -0.2) is 4.98 Å². The Kier molecular flexibility index (Phi) is 2.13. The van der Waals surface area contributed by atoms with Crippen LogP contribution in [0.5, 0.6) is 0 Å². The molecule has 0 saturated carbocycles. The average Bonchev–Trinajstić information content (AvgIpc) is 2.96. The van der Waals surface area contributed by atoms with Gasteiger partial charge in [0.1, 0.15) is 5.65 Å². The van der Waals surface area contributed by atoms with E-state index in [9.17, 15) is 4.79 Å². The maximum atomic E-state index is 10.9. The van der Waals surface area contributed by atoms with E-state index in [1.54, 1.807) is 6.20 Å². The Morgan fingerprint density at radius 3 is 3.25 bits per heavy atom. The third kappa shape index (κ3) is 1.38. The molecule has 0 radical (unpaired) electrons. The summed E-state index contributed by atoms with van der Waals surface area (Å²) in [4.78, 5) is 17.0. The zero-order valence-corrected chi connectivity index (χ0v) is 8.91. The Labute approximate surface area is 93.5 Å². The fourth-order valence-corrected chi connectivity index (χ4v) is 2.41. The first-order valence-corrected chi connectivity index (χ1v) is 5.52. The summed E-state index contributed by atoms with van der Waals surface area (Å²) in [6.45, 7) is 0.869. The van der Waals surface area contributed by atoms with Crippen LogP contribution >= 0.6 is 0 Å². The summed E-state index contributed by atoms with van der Waals surface area (Å²) in [7, 11) is 0. The Balaban J connectivity index is 2.01. The molecule has 1 unspecified atom stereocenters. The number of hydrogen-bond donors (Lipinski definition) is 0. The van der Waals surface area contributed by atoms with Gasteiger partial charge in [-0.05, 0) is 30.5 Å². The van der Waals surface area contributed by atoms with Crippen molar-refractivity contribution in [3.8, 4) is 0 Å². The molecule has 2 aromatic rings. The standard InChI is InChI=1S/C12H13N3O/c16-9-15-5-1-2-11(15)10-3-6-14-7-4-13-12(14)8-10/h3-4,6-9,11H,1-2,5H2. The van der Waals surface area contributed by atoms with Crippen molar-refractivity contribution in [3.63, 3.8) is 0 Å². The third-order valence-corrected chi connectivity index (χ3v) is 3.24. The predicted octanol–water partition coefficient (Wildman–Crippen LogP) is 1.63. The van der Waals surface area contributed by atoms with Gasteiger partial charge >= 0.3 is 0 Å². The summed E-state index contributed by atoms with van der Waals surface area (Å²) in [5.41, 5.74) is 2.12. The zero-order valence-electron chi connectivity index (χ0n) is 8.91. The molecule has 0 spiro atoms. The highest BCUT2D eigenvalue weighted by Gasteiger charge is 2.24. The highest BCUT2D eigenvalue weighted by Crippen LogP contribution is 2.30. The summed E-state index contributed by atoms with van der Waals surface area (Å²) in [5.74, 6) is 0. The van der Waals surface area contributed by atoms with Crippen LogP contribution in [0.25, 0.3) is 5.65 Å². The second kappa shape index (κ2) is 3.63. The van der Waals surface area contributed by atoms with Crippen molar-refractivity contribution < 1.29 is 4.79 Å². The molecular weight excluding hydrogens is 202 g/mol. The van der Waals surface area contributed by atoms with E-state index < -0.39 is 0 Å².